The van der Waals surface area contributed by atoms with Crippen LogP contribution in [0, 0.1) is 6.92 Å². The minimum Gasteiger partial charge on any atom is -0.485 e. The summed E-state index contributed by atoms with van der Waals surface area (Å²) in [6.07, 6.45) is 0. The standard InChI is InChI=1S/C21H20N2O3S/c1-13(2)16-8-6-14(3)11-18(16)24-12-15-7-9-17(25-15)21-22-20(23-26-21)19-5-4-10-27-19/h4-11,13H,12H2,1-3H3. The summed E-state index contributed by atoms with van der Waals surface area (Å²) >= 11 is 1.56. The first-order chi connectivity index (χ1) is 13.1. The molecule has 27 heavy (non-hydrogen) atoms. The third-order valence-electron chi connectivity index (χ3n) is 4.20. The van der Waals surface area contributed by atoms with Gasteiger partial charge in [-0.3, -0.25) is 0 Å². The first kappa shape index (κ1) is 17.5. The maximum atomic E-state index is 6.02. The fourth-order valence-corrected chi connectivity index (χ4v) is 3.44. The molecule has 4 rings (SSSR count). The summed E-state index contributed by atoms with van der Waals surface area (Å²) in [5.74, 6) is 3.45. The zero-order chi connectivity index (χ0) is 18.8. The Hall–Kier alpha value is -2.86. The first-order valence-corrected chi connectivity index (χ1v) is 9.68. The van der Waals surface area contributed by atoms with Crippen molar-refractivity contribution in [3.8, 4) is 28.1 Å². The first-order valence-electron chi connectivity index (χ1n) is 8.80. The Morgan fingerprint density at radius 1 is 1.15 bits per heavy atom. The molecule has 3 heterocycles. The maximum absolute atomic E-state index is 6.02. The maximum Gasteiger partial charge on any atom is 0.293 e. The van der Waals surface area contributed by atoms with Crippen LogP contribution in [0.2, 0.25) is 0 Å². The quantitative estimate of drug-likeness (QED) is 0.406. The number of rotatable bonds is 6. The smallest absolute Gasteiger partial charge is 0.293 e. The van der Waals surface area contributed by atoms with Gasteiger partial charge in [-0.2, -0.15) is 4.98 Å². The third-order valence-corrected chi connectivity index (χ3v) is 5.07. The van der Waals surface area contributed by atoms with Crippen LogP contribution in [0.5, 0.6) is 5.75 Å². The lowest BCUT2D eigenvalue weighted by Crippen LogP contribution is -1.99. The van der Waals surface area contributed by atoms with Crippen LogP contribution in [0.25, 0.3) is 22.4 Å². The second-order valence-electron chi connectivity index (χ2n) is 6.65. The Kier molecular flexibility index (Phi) is 4.81. The molecule has 0 spiro atoms. The molecular weight excluding hydrogens is 360 g/mol. The van der Waals surface area contributed by atoms with Gasteiger partial charge in [-0.05, 0) is 53.6 Å². The van der Waals surface area contributed by atoms with Crippen LogP contribution in [0.1, 0.15) is 36.7 Å². The molecule has 0 aliphatic carbocycles. The van der Waals surface area contributed by atoms with E-state index in [1.807, 2.05) is 29.6 Å². The highest BCUT2D eigenvalue weighted by Crippen LogP contribution is 2.30. The Morgan fingerprint density at radius 3 is 2.81 bits per heavy atom. The van der Waals surface area contributed by atoms with Gasteiger partial charge in [-0.15, -0.1) is 11.3 Å². The summed E-state index contributed by atoms with van der Waals surface area (Å²) in [6.45, 7) is 6.71. The number of nitrogens with zero attached hydrogens (tertiary/aromatic N) is 2. The summed E-state index contributed by atoms with van der Waals surface area (Å²) in [6, 6.07) is 13.9. The summed E-state index contributed by atoms with van der Waals surface area (Å²) in [7, 11) is 0. The van der Waals surface area contributed by atoms with E-state index in [0.29, 0.717) is 35.8 Å². The number of ether oxygens (including phenoxy) is 1. The lowest BCUT2D eigenvalue weighted by atomic mass is 10.0. The van der Waals surface area contributed by atoms with Crippen LogP contribution in [-0.2, 0) is 6.61 Å². The molecule has 0 N–H and O–H groups in total. The molecule has 0 atom stereocenters. The van der Waals surface area contributed by atoms with Crippen LogP contribution < -0.4 is 4.74 Å². The fraction of sp³-hybridized carbons (Fsp3) is 0.238. The Balaban J connectivity index is 1.49. The van der Waals surface area contributed by atoms with Gasteiger partial charge in [-0.25, -0.2) is 0 Å². The summed E-state index contributed by atoms with van der Waals surface area (Å²) < 4.78 is 17.2. The highest BCUT2D eigenvalue weighted by Gasteiger charge is 2.15. The molecule has 0 amide bonds. The topological polar surface area (TPSA) is 61.3 Å². The van der Waals surface area contributed by atoms with Crippen molar-refractivity contribution in [2.75, 3.05) is 0 Å². The number of aromatic nitrogens is 2. The Labute approximate surface area is 161 Å². The average molecular weight is 380 g/mol. The van der Waals surface area contributed by atoms with E-state index in [-0.39, 0.29) is 0 Å². The number of furan rings is 1. The highest BCUT2D eigenvalue weighted by atomic mass is 32.1. The number of benzene rings is 1. The van der Waals surface area contributed by atoms with E-state index in [4.69, 9.17) is 13.7 Å². The largest absolute Gasteiger partial charge is 0.485 e. The van der Waals surface area contributed by atoms with E-state index >= 15 is 0 Å². The molecule has 0 aliphatic rings. The van der Waals surface area contributed by atoms with Gasteiger partial charge in [0.1, 0.15) is 18.1 Å². The van der Waals surface area contributed by atoms with Gasteiger partial charge in [0.05, 0.1) is 4.88 Å². The average Bonchev–Trinajstić information content (AvgIpc) is 3.39. The van der Waals surface area contributed by atoms with Crippen LogP contribution in [0.3, 0.4) is 0 Å². The van der Waals surface area contributed by atoms with Crippen LogP contribution >= 0.6 is 11.3 Å². The van der Waals surface area contributed by atoms with Crippen molar-refractivity contribution < 1.29 is 13.7 Å². The normalized spacial score (nSPS) is 11.3. The zero-order valence-corrected chi connectivity index (χ0v) is 16.2. The molecule has 0 unspecified atom stereocenters. The number of hydrogen-bond donors (Lipinski definition) is 0. The van der Waals surface area contributed by atoms with Crippen molar-refractivity contribution in [1.82, 2.24) is 10.1 Å². The molecule has 3 aromatic heterocycles. The fourth-order valence-electron chi connectivity index (χ4n) is 2.79. The number of aryl methyl sites for hydroxylation is 1. The third kappa shape index (κ3) is 3.80. The SMILES string of the molecule is Cc1ccc(C(C)C)c(OCc2ccc(-c3nc(-c4cccs4)no3)o2)c1. The van der Waals surface area contributed by atoms with Gasteiger partial charge in [0.25, 0.3) is 5.89 Å². The van der Waals surface area contributed by atoms with Gasteiger partial charge < -0.3 is 13.7 Å². The minimum atomic E-state index is 0.342. The lowest BCUT2D eigenvalue weighted by Gasteiger charge is -2.14. The molecule has 4 aromatic rings. The second kappa shape index (κ2) is 7.40. The summed E-state index contributed by atoms with van der Waals surface area (Å²) in [5, 5.41) is 5.99. The molecule has 6 heteroatoms. The van der Waals surface area contributed by atoms with E-state index in [0.717, 1.165) is 10.6 Å². The molecular formula is C21H20N2O3S. The van der Waals surface area contributed by atoms with E-state index in [1.165, 1.54) is 11.1 Å². The molecule has 0 saturated heterocycles. The molecule has 0 bridgehead atoms. The van der Waals surface area contributed by atoms with Crippen LogP contribution in [0.4, 0.5) is 0 Å². The second-order valence-corrected chi connectivity index (χ2v) is 7.60. The predicted molar refractivity (Wildman–Crippen MR) is 105 cm³/mol. The van der Waals surface area contributed by atoms with Crippen molar-refractivity contribution in [3.63, 3.8) is 0 Å². The van der Waals surface area contributed by atoms with E-state index in [2.05, 4.69) is 49.1 Å². The van der Waals surface area contributed by atoms with Gasteiger partial charge >= 0.3 is 0 Å². The van der Waals surface area contributed by atoms with E-state index in [9.17, 15) is 0 Å². The van der Waals surface area contributed by atoms with Gasteiger partial charge in [0, 0.05) is 0 Å². The van der Waals surface area contributed by atoms with Crippen molar-refractivity contribution in [2.24, 2.45) is 0 Å². The molecule has 0 radical (unpaired) electrons. The zero-order valence-electron chi connectivity index (χ0n) is 15.4. The van der Waals surface area contributed by atoms with Gasteiger partial charge in [0.15, 0.2) is 5.76 Å². The van der Waals surface area contributed by atoms with E-state index in [1.54, 1.807) is 11.3 Å². The van der Waals surface area contributed by atoms with E-state index < -0.39 is 0 Å². The van der Waals surface area contributed by atoms with Gasteiger partial charge in [-0.1, -0.05) is 37.2 Å². The van der Waals surface area contributed by atoms with Crippen molar-refractivity contribution in [1.29, 1.82) is 0 Å². The lowest BCUT2D eigenvalue weighted by molar-refractivity contribution is 0.267. The van der Waals surface area contributed by atoms with Crippen LogP contribution in [0.15, 0.2) is 56.8 Å². The molecule has 0 saturated carbocycles. The summed E-state index contributed by atoms with van der Waals surface area (Å²) in [5.41, 5.74) is 2.35. The molecule has 0 aliphatic heterocycles. The van der Waals surface area contributed by atoms with Gasteiger partial charge in [0.2, 0.25) is 5.82 Å². The number of hydrogen-bond acceptors (Lipinski definition) is 6. The summed E-state index contributed by atoms with van der Waals surface area (Å²) in [4.78, 5) is 5.36. The highest BCUT2D eigenvalue weighted by molar-refractivity contribution is 7.13. The molecule has 0 fully saturated rings. The molecule has 1 aromatic carbocycles. The monoisotopic (exact) mass is 380 g/mol. The molecule has 5 nitrogen and oxygen atoms in total. The van der Waals surface area contributed by atoms with Crippen molar-refractivity contribution >= 4 is 11.3 Å². The minimum absolute atomic E-state index is 0.342. The molecule has 138 valence electrons. The van der Waals surface area contributed by atoms with Crippen molar-refractivity contribution in [3.05, 3.63) is 64.7 Å². The number of thiophene rings is 1. The Bertz CT molecular complexity index is 1030. The Morgan fingerprint density at radius 2 is 2.04 bits per heavy atom. The van der Waals surface area contributed by atoms with Crippen molar-refractivity contribution in [2.45, 2.75) is 33.3 Å². The van der Waals surface area contributed by atoms with Crippen LogP contribution in [-0.4, -0.2) is 10.1 Å². The predicted octanol–water partition coefficient (Wildman–Crippen LogP) is 6.07.